The molecular weight excluding hydrogens is 368 g/mol. The van der Waals surface area contributed by atoms with E-state index < -0.39 is 0 Å². The molecule has 1 N–H and O–H groups in total. The number of nitrogens with one attached hydrogen (secondary N) is 1. The zero-order valence-corrected chi connectivity index (χ0v) is 16.4. The van der Waals surface area contributed by atoms with Crippen molar-refractivity contribution in [2.45, 2.75) is 19.4 Å². The molecule has 3 aromatic rings. The van der Waals surface area contributed by atoms with Crippen LogP contribution in [0.25, 0.3) is 11.0 Å². The highest BCUT2D eigenvalue weighted by Gasteiger charge is 2.29. The molecule has 0 bridgehead atoms. The summed E-state index contributed by atoms with van der Waals surface area (Å²) in [6, 6.07) is 16.8. The summed E-state index contributed by atoms with van der Waals surface area (Å²) >= 11 is 0. The van der Waals surface area contributed by atoms with Crippen molar-refractivity contribution in [3.05, 3.63) is 65.1 Å². The molecule has 7 nitrogen and oxygen atoms in total. The zero-order valence-electron chi connectivity index (χ0n) is 16.4. The van der Waals surface area contributed by atoms with E-state index in [1.54, 1.807) is 16.5 Å². The second-order valence-corrected chi connectivity index (χ2v) is 7.45. The van der Waals surface area contributed by atoms with E-state index in [2.05, 4.69) is 5.32 Å². The van der Waals surface area contributed by atoms with Crippen molar-refractivity contribution in [1.29, 1.82) is 0 Å². The molecule has 150 valence electrons. The molecule has 1 aromatic heterocycles. The highest BCUT2D eigenvalue weighted by molar-refractivity contribution is 5.93. The molecule has 1 fully saturated rings. The van der Waals surface area contributed by atoms with Crippen molar-refractivity contribution >= 4 is 28.5 Å². The van der Waals surface area contributed by atoms with Crippen LogP contribution >= 0.6 is 0 Å². The van der Waals surface area contributed by atoms with Crippen molar-refractivity contribution in [2.24, 2.45) is 13.0 Å². The number of carbonyl (C=O) groups excluding carboxylic acids is 2. The monoisotopic (exact) mass is 392 g/mol. The predicted octanol–water partition coefficient (Wildman–Crippen LogP) is 2.22. The summed E-state index contributed by atoms with van der Waals surface area (Å²) in [6.07, 6.45) is 1.51. The normalized spacial score (nSPS) is 16.7. The Hall–Kier alpha value is -3.35. The van der Waals surface area contributed by atoms with Crippen molar-refractivity contribution < 1.29 is 9.59 Å². The Morgan fingerprint density at radius 2 is 1.72 bits per heavy atom. The van der Waals surface area contributed by atoms with Gasteiger partial charge in [-0.15, -0.1) is 0 Å². The number of hydrogen-bond donors (Lipinski definition) is 1. The molecule has 1 aliphatic rings. The van der Waals surface area contributed by atoms with Gasteiger partial charge in [-0.05, 0) is 37.1 Å². The number of imidazole rings is 1. The number of fused-ring (bicyclic) bond motifs is 1. The van der Waals surface area contributed by atoms with Gasteiger partial charge in [-0.3, -0.25) is 18.7 Å². The summed E-state index contributed by atoms with van der Waals surface area (Å²) in [5.41, 5.74) is 2.07. The number of amides is 2. The van der Waals surface area contributed by atoms with E-state index in [1.165, 1.54) is 4.57 Å². The molecule has 4 rings (SSSR count). The number of rotatable bonds is 4. The Morgan fingerprint density at radius 3 is 2.48 bits per heavy atom. The van der Waals surface area contributed by atoms with E-state index in [4.69, 9.17) is 0 Å². The van der Waals surface area contributed by atoms with Crippen LogP contribution in [0.1, 0.15) is 12.8 Å². The van der Waals surface area contributed by atoms with Gasteiger partial charge < -0.3 is 10.2 Å². The number of aromatic nitrogens is 2. The van der Waals surface area contributed by atoms with Crippen LogP contribution in [0.15, 0.2) is 59.4 Å². The average Bonchev–Trinajstić information content (AvgIpc) is 2.99. The largest absolute Gasteiger partial charge is 0.340 e. The van der Waals surface area contributed by atoms with Gasteiger partial charge in [0, 0.05) is 25.8 Å². The van der Waals surface area contributed by atoms with Gasteiger partial charge in [0.1, 0.15) is 6.54 Å². The lowest BCUT2D eigenvalue weighted by atomic mass is 9.97. The summed E-state index contributed by atoms with van der Waals surface area (Å²) in [7, 11) is 1.70. The van der Waals surface area contributed by atoms with E-state index in [0.717, 1.165) is 29.6 Å². The van der Waals surface area contributed by atoms with Crippen LogP contribution < -0.4 is 11.0 Å². The molecule has 2 aromatic carbocycles. The fourth-order valence-corrected chi connectivity index (χ4v) is 3.93. The third-order valence-electron chi connectivity index (χ3n) is 5.53. The van der Waals surface area contributed by atoms with Gasteiger partial charge in [0.25, 0.3) is 0 Å². The first-order chi connectivity index (χ1) is 14.0. The van der Waals surface area contributed by atoms with Crippen molar-refractivity contribution in [3.8, 4) is 0 Å². The van der Waals surface area contributed by atoms with E-state index in [1.807, 2.05) is 54.6 Å². The minimum absolute atomic E-state index is 0.0206. The van der Waals surface area contributed by atoms with Crippen molar-refractivity contribution in [2.75, 3.05) is 18.4 Å². The van der Waals surface area contributed by atoms with E-state index in [0.29, 0.717) is 13.1 Å². The van der Waals surface area contributed by atoms with E-state index >= 15 is 0 Å². The highest BCUT2D eigenvalue weighted by Crippen LogP contribution is 2.20. The van der Waals surface area contributed by atoms with Crippen LogP contribution in [0, 0.1) is 5.92 Å². The Labute approximate surface area is 168 Å². The van der Waals surface area contributed by atoms with Gasteiger partial charge in [0.15, 0.2) is 0 Å². The first-order valence-electron chi connectivity index (χ1n) is 9.82. The lowest BCUT2D eigenvalue weighted by Crippen LogP contribution is -2.45. The van der Waals surface area contributed by atoms with E-state index in [-0.39, 0.29) is 30.0 Å². The molecule has 2 heterocycles. The molecule has 2 amide bonds. The minimum atomic E-state index is -0.253. The molecule has 0 aliphatic carbocycles. The van der Waals surface area contributed by atoms with Crippen LogP contribution in [-0.2, 0) is 23.2 Å². The number of aryl methyl sites for hydroxylation is 1. The maximum atomic E-state index is 12.9. The maximum Gasteiger partial charge on any atom is 0.329 e. The molecular formula is C22H24N4O3. The molecule has 1 aliphatic heterocycles. The Bertz CT molecular complexity index is 1100. The Morgan fingerprint density at radius 1 is 1.03 bits per heavy atom. The summed E-state index contributed by atoms with van der Waals surface area (Å²) in [5, 5.41) is 2.92. The van der Waals surface area contributed by atoms with Gasteiger partial charge in [0.05, 0.1) is 17.0 Å². The quantitative estimate of drug-likeness (QED) is 0.740. The second kappa shape index (κ2) is 7.95. The number of carbonyl (C=O) groups is 2. The summed E-state index contributed by atoms with van der Waals surface area (Å²) < 4.78 is 3.06. The summed E-state index contributed by atoms with van der Waals surface area (Å²) in [6.45, 7) is 0.956. The average molecular weight is 392 g/mol. The third-order valence-corrected chi connectivity index (χ3v) is 5.53. The number of nitrogens with zero attached hydrogens (tertiary/aromatic N) is 3. The first-order valence-corrected chi connectivity index (χ1v) is 9.82. The topological polar surface area (TPSA) is 76.3 Å². The highest BCUT2D eigenvalue weighted by atomic mass is 16.2. The Kier molecular flexibility index (Phi) is 5.20. The third kappa shape index (κ3) is 3.81. The van der Waals surface area contributed by atoms with Gasteiger partial charge in [-0.1, -0.05) is 30.3 Å². The smallest absolute Gasteiger partial charge is 0.329 e. The van der Waals surface area contributed by atoms with Gasteiger partial charge in [-0.25, -0.2) is 4.79 Å². The lowest BCUT2D eigenvalue weighted by molar-refractivity contribution is -0.135. The van der Waals surface area contributed by atoms with Gasteiger partial charge in [-0.2, -0.15) is 0 Å². The Balaban J connectivity index is 1.46. The molecule has 1 saturated heterocycles. The fourth-order valence-electron chi connectivity index (χ4n) is 3.93. The molecule has 29 heavy (non-hydrogen) atoms. The van der Waals surface area contributed by atoms with Crippen LogP contribution in [0.2, 0.25) is 0 Å². The lowest BCUT2D eigenvalue weighted by Gasteiger charge is -2.32. The number of piperidine rings is 1. The number of para-hydroxylation sites is 3. The predicted molar refractivity (Wildman–Crippen MR) is 112 cm³/mol. The molecule has 7 heteroatoms. The van der Waals surface area contributed by atoms with Crippen molar-refractivity contribution in [1.82, 2.24) is 14.0 Å². The second-order valence-electron chi connectivity index (χ2n) is 7.45. The molecule has 1 unspecified atom stereocenters. The van der Waals surface area contributed by atoms with Gasteiger partial charge >= 0.3 is 5.69 Å². The number of likely N-dealkylation sites (tertiary alicyclic amines) is 1. The molecule has 0 saturated carbocycles. The fraction of sp³-hybridized carbons (Fsp3) is 0.318. The summed E-state index contributed by atoms with van der Waals surface area (Å²) in [5.74, 6) is -0.464. The minimum Gasteiger partial charge on any atom is -0.340 e. The standard InChI is InChI=1S/C22H24N4O3/c1-24-18-11-5-6-12-19(18)26(22(24)29)15-20(27)25-13-7-8-16(14-25)21(28)23-17-9-3-2-4-10-17/h2-6,9-12,16H,7-8,13-15H2,1H3,(H,23,28). The first kappa shape index (κ1) is 19.0. The van der Waals surface area contributed by atoms with Crippen LogP contribution in [0.4, 0.5) is 5.69 Å². The number of hydrogen-bond acceptors (Lipinski definition) is 3. The van der Waals surface area contributed by atoms with Crippen LogP contribution in [0.3, 0.4) is 0 Å². The van der Waals surface area contributed by atoms with Crippen LogP contribution in [0.5, 0.6) is 0 Å². The number of benzene rings is 2. The number of anilines is 1. The summed E-state index contributed by atoms with van der Waals surface area (Å²) in [4.78, 5) is 39.8. The van der Waals surface area contributed by atoms with Crippen molar-refractivity contribution in [3.63, 3.8) is 0 Å². The molecule has 0 spiro atoms. The molecule has 1 atom stereocenters. The maximum absolute atomic E-state index is 12.9. The van der Waals surface area contributed by atoms with E-state index in [9.17, 15) is 14.4 Å². The molecule has 0 radical (unpaired) electrons. The SMILES string of the molecule is Cn1c(=O)n(CC(=O)N2CCCC(C(=O)Nc3ccccc3)C2)c2ccccc21. The van der Waals surface area contributed by atoms with Gasteiger partial charge in [0.2, 0.25) is 11.8 Å². The zero-order chi connectivity index (χ0) is 20.4. The van der Waals surface area contributed by atoms with Crippen LogP contribution in [-0.4, -0.2) is 38.9 Å².